The minimum Gasteiger partial charge on any atom is -0.388 e. The Morgan fingerprint density at radius 3 is 2.06 bits per heavy atom. The molecule has 0 spiro atoms. The highest BCUT2D eigenvalue weighted by atomic mass is 14.8. The Morgan fingerprint density at radius 1 is 0.833 bits per heavy atom. The molecule has 0 heterocycles. The second-order valence-corrected chi connectivity index (χ2v) is 5.66. The molecule has 0 radical (unpaired) electrons. The van der Waals surface area contributed by atoms with Gasteiger partial charge in [-0.15, -0.1) is 0 Å². The van der Waals surface area contributed by atoms with Gasteiger partial charge >= 0.3 is 0 Å². The second kappa shape index (κ2) is 4.85. The van der Waals surface area contributed by atoms with Gasteiger partial charge in [0, 0.05) is 12.7 Å². The lowest BCUT2D eigenvalue weighted by atomic mass is 9.86. The van der Waals surface area contributed by atoms with Gasteiger partial charge in [-0.3, -0.25) is 0 Å². The molecule has 2 aromatic carbocycles. The third-order valence-corrected chi connectivity index (χ3v) is 3.24. The van der Waals surface area contributed by atoms with E-state index in [-0.39, 0.29) is 5.41 Å². The third-order valence-electron chi connectivity index (χ3n) is 3.24. The maximum atomic E-state index is 3.17. The van der Waals surface area contributed by atoms with Crippen molar-refractivity contribution in [3.05, 3.63) is 54.1 Å². The van der Waals surface area contributed by atoms with Crippen molar-refractivity contribution in [3.63, 3.8) is 0 Å². The minimum atomic E-state index is 0.214. The summed E-state index contributed by atoms with van der Waals surface area (Å²) in [6.45, 7) is 6.72. The minimum absolute atomic E-state index is 0.214. The van der Waals surface area contributed by atoms with Crippen molar-refractivity contribution in [2.45, 2.75) is 26.2 Å². The Balaban J connectivity index is 2.34. The van der Waals surface area contributed by atoms with Gasteiger partial charge in [0.2, 0.25) is 0 Å². The van der Waals surface area contributed by atoms with E-state index in [1.54, 1.807) is 0 Å². The first-order valence-electron chi connectivity index (χ1n) is 6.39. The maximum absolute atomic E-state index is 3.17. The summed E-state index contributed by atoms with van der Waals surface area (Å²) in [6, 6.07) is 17.3. The summed E-state index contributed by atoms with van der Waals surface area (Å²) in [5, 5.41) is 3.17. The first-order chi connectivity index (χ1) is 8.50. The molecule has 0 atom stereocenters. The molecule has 0 saturated carbocycles. The Bertz CT molecular complexity index is 518. The molecule has 94 valence electrons. The number of rotatable bonds is 2. The van der Waals surface area contributed by atoms with Crippen LogP contribution in [0.15, 0.2) is 48.5 Å². The highest BCUT2D eigenvalue weighted by Gasteiger charge is 2.12. The topological polar surface area (TPSA) is 12.0 Å². The van der Waals surface area contributed by atoms with E-state index in [2.05, 4.69) is 74.6 Å². The summed E-state index contributed by atoms with van der Waals surface area (Å²) in [5.74, 6) is 0. The lowest BCUT2D eigenvalue weighted by Gasteiger charge is -2.19. The molecule has 0 aliphatic rings. The first kappa shape index (κ1) is 12.7. The van der Waals surface area contributed by atoms with Crippen LogP contribution < -0.4 is 5.32 Å². The van der Waals surface area contributed by atoms with Crippen molar-refractivity contribution < 1.29 is 0 Å². The van der Waals surface area contributed by atoms with Crippen molar-refractivity contribution in [3.8, 4) is 11.1 Å². The van der Waals surface area contributed by atoms with Crippen LogP contribution in [0, 0.1) is 0 Å². The average molecular weight is 239 g/mol. The zero-order valence-electron chi connectivity index (χ0n) is 11.6. The third kappa shape index (κ3) is 2.73. The van der Waals surface area contributed by atoms with Crippen LogP contribution in [0.5, 0.6) is 0 Å². The zero-order chi connectivity index (χ0) is 13.2. The number of hydrogen-bond donors (Lipinski definition) is 1. The van der Waals surface area contributed by atoms with Gasteiger partial charge in [-0.2, -0.15) is 0 Å². The predicted molar refractivity (Wildman–Crippen MR) is 80.1 cm³/mol. The number of anilines is 1. The summed E-state index contributed by atoms with van der Waals surface area (Å²) in [5.41, 5.74) is 5.25. The van der Waals surface area contributed by atoms with E-state index in [0.717, 1.165) is 5.69 Å². The fourth-order valence-corrected chi connectivity index (χ4v) is 2.02. The summed E-state index contributed by atoms with van der Waals surface area (Å²) >= 11 is 0. The smallest absolute Gasteiger partial charge is 0.0343 e. The van der Waals surface area contributed by atoms with Crippen LogP contribution in [-0.4, -0.2) is 7.05 Å². The molecular weight excluding hydrogens is 218 g/mol. The standard InChI is InChI=1S/C17H21N/c1-17(2,3)15-10-8-13(9-11-15)14-6-5-7-16(12-14)18-4/h5-12,18H,1-4H3. The average Bonchev–Trinajstić information content (AvgIpc) is 2.38. The summed E-state index contributed by atoms with van der Waals surface area (Å²) in [6.07, 6.45) is 0. The van der Waals surface area contributed by atoms with Gasteiger partial charge in [-0.1, -0.05) is 57.2 Å². The van der Waals surface area contributed by atoms with Gasteiger partial charge < -0.3 is 5.32 Å². The van der Waals surface area contributed by atoms with Gasteiger partial charge in [-0.25, -0.2) is 0 Å². The number of hydrogen-bond acceptors (Lipinski definition) is 1. The Morgan fingerprint density at radius 2 is 1.50 bits per heavy atom. The molecule has 0 aromatic heterocycles. The van der Waals surface area contributed by atoms with Gasteiger partial charge in [0.25, 0.3) is 0 Å². The summed E-state index contributed by atoms with van der Waals surface area (Å²) < 4.78 is 0. The molecule has 0 amide bonds. The van der Waals surface area contributed by atoms with E-state index >= 15 is 0 Å². The Labute approximate surface area is 110 Å². The van der Waals surface area contributed by atoms with Gasteiger partial charge in [0.1, 0.15) is 0 Å². The molecule has 0 saturated heterocycles. The van der Waals surface area contributed by atoms with E-state index < -0.39 is 0 Å². The lowest BCUT2D eigenvalue weighted by molar-refractivity contribution is 0.590. The van der Waals surface area contributed by atoms with Crippen molar-refractivity contribution in [1.29, 1.82) is 0 Å². The Kier molecular flexibility index (Phi) is 3.42. The fourth-order valence-electron chi connectivity index (χ4n) is 2.02. The zero-order valence-corrected chi connectivity index (χ0v) is 11.6. The van der Waals surface area contributed by atoms with Gasteiger partial charge in [-0.05, 0) is 34.2 Å². The van der Waals surface area contributed by atoms with E-state index in [0.29, 0.717) is 0 Å². The molecule has 0 unspecified atom stereocenters. The first-order valence-corrected chi connectivity index (χ1v) is 6.39. The van der Waals surface area contributed by atoms with E-state index in [1.165, 1.54) is 16.7 Å². The molecule has 2 rings (SSSR count). The van der Waals surface area contributed by atoms with Crippen LogP contribution in [0.3, 0.4) is 0 Å². The molecule has 1 heteroatoms. The summed E-state index contributed by atoms with van der Waals surface area (Å²) in [4.78, 5) is 0. The quantitative estimate of drug-likeness (QED) is 0.801. The maximum Gasteiger partial charge on any atom is 0.0343 e. The normalized spacial score (nSPS) is 11.3. The highest BCUT2D eigenvalue weighted by Crippen LogP contribution is 2.27. The van der Waals surface area contributed by atoms with Crippen LogP contribution in [-0.2, 0) is 5.41 Å². The molecule has 1 N–H and O–H groups in total. The van der Waals surface area contributed by atoms with Crippen LogP contribution in [0.2, 0.25) is 0 Å². The molecule has 2 aromatic rings. The fraction of sp³-hybridized carbons (Fsp3) is 0.294. The van der Waals surface area contributed by atoms with Crippen molar-refractivity contribution in [1.82, 2.24) is 0 Å². The van der Waals surface area contributed by atoms with Crippen molar-refractivity contribution >= 4 is 5.69 Å². The van der Waals surface area contributed by atoms with E-state index in [4.69, 9.17) is 0 Å². The predicted octanol–water partition coefficient (Wildman–Crippen LogP) is 4.69. The Hall–Kier alpha value is -1.76. The molecule has 0 fully saturated rings. The van der Waals surface area contributed by atoms with Crippen molar-refractivity contribution in [2.24, 2.45) is 0 Å². The van der Waals surface area contributed by atoms with Crippen LogP contribution in [0.1, 0.15) is 26.3 Å². The molecule has 1 nitrogen and oxygen atoms in total. The van der Waals surface area contributed by atoms with Crippen molar-refractivity contribution in [2.75, 3.05) is 12.4 Å². The summed E-state index contributed by atoms with van der Waals surface area (Å²) in [7, 11) is 1.95. The number of nitrogens with one attached hydrogen (secondary N) is 1. The largest absolute Gasteiger partial charge is 0.388 e. The molecular formula is C17H21N. The van der Waals surface area contributed by atoms with Crippen LogP contribution >= 0.6 is 0 Å². The molecule has 0 aliphatic carbocycles. The van der Waals surface area contributed by atoms with Gasteiger partial charge in [0.15, 0.2) is 0 Å². The molecule has 0 bridgehead atoms. The molecule has 0 aliphatic heterocycles. The van der Waals surface area contributed by atoms with E-state index in [9.17, 15) is 0 Å². The van der Waals surface area contributed by atoms with Gasteiger partial charge in [0.05, 0.1) is 0 Å². The monoisotopic (exact) mass is 239 g/mol. The van der Waals surface area contributed by atoms with Crippen LogP contribution in [0.25, 0.3) is 11.1 Å². The molecule has 18 heavy (non-hydrogen) atoms. The highest BCUT2D eigenvalue weighted by molar-refractivity contribution is 5.68. The lowest BCUT2D eigenvalue weighted by Crippen LogP contribution is -2.10. The second-order valence-electron chi connectivity index (χ2n) is 5.66. The number of benzene rings is 2. The van der Waals surface area contributed by atoms with Crippen LogP contribution in [0.4, 0.5) is 5.69 Å². The van der Waals surface area contributed by atoms with E-state index in [1.807, 2.05) is 7.05 Å². The SMILES string of the molecule is CNc1cccc(-c2ccc(C(C)(C)C)cc2)c1.